The first-order chi connectivity index (χ1) is 10.1. The highest BCUT2D eigenvalue weighted by atomic mass is 16.1. The number of guanidine groups is 1. The maximum atomic E-state index is 11.6. The molecule has 5 heteroatoms. The zero-order chi connectivity index (χ0) is 15.2. The molecule has 0 aromatic carbocycles. The Labute approximate surface area is 128 Å². The van der Waals surface area contributed by atoms with Crippen molar-refractivity contribution in [2.45, 2.75) is 52.0 Å². The molecule has 21 heavy (non-hydrogen) atoms. The van der Waals surface area contributed by atoms with Gasteiger partial charge in [0.25, 0.3) is 0 Å². The predicted molar refractivity (Wildman–Crippen MR) is 86.3 cm³/mol. The third kappa shape index (κ3) is 4.61. The van der Waals surface area contributed by atoms with Gasteiger partial charge in [-0.2, -0.15) is 0 Å². The highest BCUT2D eigenvalue weighted by Gasteiger charge is 2.35. The van der Waals surface area contributed by atoms with E-state index in [2.05, 4.69) is 20.5 Å². The molecule has 2 aliphatic rings. The number of hydrogen-bond donors (Lipinski definition) is 2. The van der Waals surface area contributed by atoms with Gasteiger partial charge in [0.2, 0.25) is 5.91 Å². The van der Waals surface area contributed by atoms with E-state index < -0.39 is 0 Å². The summed E-state index contributed by atoms with van der Waals surface area (Å²) >= 11 is 0. The van der Waals surface area contributed by atoms with E-state index in [9.17, 15) is 4.79 Å². The molecule has 2 fully saturated rings. The Kier molecular flexibility index (Phi) is 5.88. The van der Waals surface area contributed by atoms with Crippen molar-refractivity contribution in [1.29, 1.82) is 0 Å². The van der Waals surface area contributed by atoms with Gasteiger partial charge in [0, 0.05) is 39.1 Å². The van der Waals surface area contributed by atoms with Crippen LogP contribution >= 0.6 is 0 Å². The van der Waals surface area contributed by atoms with Crippen LogP contribution in [0.5, 0.6) is 0 Å². The van der Waals surface area contributed by atoms with E-state index >= 15 is 0 Å². The Morgan fingerprint density at radius 3 is 2.38 bits per heavy atom. The van der Waals surface area contributed by atoms with Crippen molar-refractivity contribution in [3.05, 3.63) is 0 Å². The maximum Gasteiger partial charge on any atom is 0.221 e. The summed E-state index contributed by atoms with van der Waals surface area (Å²) in [7, 11) is 1.83. The van der Waals surface area contributed by atoms with Crippen LogP contribution in [0.2, 0.25) is 0 Å². The van der Waals surface area contributed by atoms with Gasteiger partial charge < -0.3 is 15.5 Å². The van der Waals surface area contributed by atoms with Gasteiger partial charge in [-0.05, 0) is 38.5 Å². The Balaban J connectivity index is 1.75. The second-order valence-electron chi connectivity index (χ2n) is 6.66. The van der Waals surface area contributed by atoms with Gasteiger partial charge >= 0.3 is 0 Å². The van der Waals surface area contributed by atoms with Crippen molar-refractivity contribution < 1.29 is 4.79 Å². The number of aliphatic imine (C=N–C) groups is 1. The smallest absolute Gasteiger partial charge is 0.221 e. The minimum atomic E-state index is 0.100. The van der Waals surface area contributed by atoms with E-state index in [1.807, 2.05) is 20.9 Å². The lowest BCUT2D eigenvalue weighted by molar-refractivity contribution is -0.121. The lowest BCUT2D eigenvalue weighted by Gasteiger charge is -2.22. The molecule has 1 aliphatic heterocycles. The van der Waals surface area contributed by atoms with Crippen LogP contribution in [-0.4, -0.2) is 49.5 Å². The minimum Gasteiger partial charge on any atom is -0.356 e. The highest BCUT2D eigenvalue weighted by Crippen LogP contribution is 2.35. The summed E-state index contributed by atoms with van der Waals surface area (Å²) in [5.74, 6) is 2.76. The van der Waals surface area contributed by atoms with Gasteiger partial charge in [-0.25, -0.2) is 0 Å². The zero-order valence-electron chi connectivity index (χ0n) is 13.7. The number of nitrogens with one attached hydrogen (secondary N) is 2. The second-order valence-corrected chi connectivity index (χ2v) is 6.66. The fraction of sp³-hybridized carbons (Fsp3) is 0.875. The lowest BCUT2D eigenvalue weighted by Crippen LogP contribution is -2.42. The van der Waals surface area contributed by atoms with E-state index in [-0.39, 0.29) is 11.9 Å². The van der Waals surface area contributed by atoms with Crippen molar-refractivity contribution in [2.24, 2.45) is 16.8 Å². The first kappa shape index (κ1) is 16.1. The fourth-order valence-corrected chi connectivity index (χ4v) is 3.59. The monoisotopic (exact) mass is 294 g/mol. The van der Waals surface area contributed by atoms with Gasteiger partial charge in [-0.1, -0.05) is 12.8 Å². The predicted octanol–water partition coefficient (Wildman–Crippen LogP) is 1.60. The van der Waals surface area contributed by atoms with E-state index in [0.717, 1.165) is 30.9 Å². The molecule has 0 radical (unpaired) electrons. The molecule has 0 aromatic heterocycles. The molecular formula is C16H30N4O. The third-order valence-corrected chi connectivity index (χ3v) is 4.57. The first-order valence-corrected chi connectivity index (χ1v) is 8.35. The standard InChI is InChI=1S/C16H30N4O/c1-12(2)19-15(21)8-9-18-16(17-3)20-10-13-6-4-5-7-14(13)11-20/h12-14H,4-11H2,1-3H3,(H,17,18)(H,19,21). The molecule has 1 heterocycles. The topological polar surface area (TPSA) is 56.7 Å². The molecule has 120 valence electrons. The van der Waals surface area contributed by atoms with Gasteiger partial charge in [0.15, 0.2) is 5.96 Å². The molecule has 1 saturated carbocycles. The Morgan fingerprint density at radius 2 is 1.86 bits per heavy atom. The molecule has 1 saturated heterocycles. The average Bonchev–Trinajstić information content (AvgIpc) is 2.86. The van der Waals surface area contributed by atoms with Crippen LogP contribution in [0, 0.1) is 11.8 Å². The SMILES string of the molecule is CN=C(NCCC(=O)NC(C)C)N1CC2CCCCC2C1. The van der Waals surface area contributed by atoms with Crippen LogP contribution in [0.25, 0.3) is 0 Å². The van der Waals surface area contributed by atoms with Gasteiger partial charge in [-0.15, -0.1) is 0 Å². The highest BCUT2D eigenvalue weighted by molar-refractivity contribution is 5.81. The van der Waals surface area contributed by atoms with Crippen LogP contribution in [0.4, 0.5) is 0 Å². The number of likely N-dealkylation sites (tertiary alicyclic amines) is 1. The van der Waals surface area contributed by atoms with Crippen molar-refractivity contribution in [3.8, 4) is 0 Å². The van der Waals surface area contributed by atoms with Crippen LogP contribution < -0.4 is 10.6 Å². The van der Waals surface area contributed by atoms with Gasteiger partial charge in [0.05, 0.1) is 0 Å². The average molecular weight is 294 g/mol. The summed E-state index contributed by atoms with van der Waals surface area (Å²) in [6.07, 6.45) is 6.01. The Morgan fingerprint density at radius 1 is 1.24 bits per heavy atom. The van der Waals surface area contributed by atoms with Gasteiger partial charge in [0.1, 0.15) is 0 Å². The molecule has 2 atom stereocenters. The quantitative estimate of drug-likeness (QED) is 0.611. The number of hydrogen-bond acceptors (Lipinski definition) is 2. The molecular weight excluding hydrogens is 264 g/mol. The van der Waals surface area contributed by atoms with Gasteiger partial charge in [-0.3, -0.25) is 9.79 Å². The summed E-state index contributed by atoms with van der Waals surface area (Å²) < 4.78 is 0. The molecule has 1 amide bonds. The van der Waals surface area contributed by atoms with Crippen LogP contribution in [-0.2, 0) is 4.79 Å². The van der Waals surface area contributed by atoms with E-state index in [1.54, 1.807) is 0 Å². The molecule has 2 N–H and O–H groups in total. The number of nitrogens with zero attached hydrogens (tertiary/aromatic N) is 2. The van der Waals surface area contributed by atoms with Crippen LogP contribution in [0.3, 0.4) is 0 Å². The molecule has 0 bridgehead atoms. The van der Waals surface area contributed by atoms with Crippen molar-refractivity contribution in [2.75, 3.05) is 26.7 Å². The van der Waals surface area contributed by atoms with E-state index in [1.165, 1.54) is 25.7 Å². The second kappa shape index (κ2) is 7.66. The molecule has 2 rings (SSSR count). The minimum absolute atomic E-state index is 0.100. The third-order valence-electron chi connectivity index (χ3n) is 4.57. The Bertz CT molecular complexity index is 366. The van der Waals surface area contributed by atoms with Crippen molar-refractivity contribution in [1.82, 2.24) is 15.5 Å². The number of carbonyl (C=O) groups is 1. The fourth-order valence-electron chi connectivity index (χ4n) is 3.59. The number of rotatable bonds is 4. The summed E-state index contributed by atoms with van der Waals surface area (Å²) in [4.78, 5) is 18.4. The summed E-state index contributed by atoms with van der Waals surface area (Å²) in [5.41, 5.74) is 0. The lowest BCUT2D eigenvalue weighted by atomic mass is 9.82. The normalized spacial score (nSPS) is 25.9. The summed E-state index contributed by atoms with van der Waals surface area (Å²) in [6.45, 7) is 6.87. The molecule has 2 unspecified atom stereocenters. The zero-order valence-corrected chi connectivity index (χ0v) is 13.7. The Hall–Kier alpha value is -1.26. The number of carbonyl (C=O) groups excluding carboxylic acids is 1. The largest absolute Gasteiger partial charge is 0.356 e. The maximum absolute atomic E-state index is 11.6. The van der Waals surface area contributed by atoms with Crippen molar-refractivity contribution >= 4 is 11.9 Å². The summed E-state index contributed by atoms with van der Waals surface area (Å²) in [6, 6.07) is 0.207. The van der Waals surface area contributed by atoms with Crippen LogP contribution in [0.15, 0.2) is 4.99 Å². The van der Waals surface area contributed by atoms with Crippen LogP contribution in [0.1, 0.15) is 46.0 Å². The molecule has 0 spiro atoms. The molecule has 0 aromatic rings. The summed E-state index contributed by atoms with van der Waals surface area (Å²) in [5, 5.41) is 6.25. The van der Waals surface area contributed by atoms with E-state index in [0.29, 0.717) is 13.0 Å². The first-order valence-electron chi connectivity index (χ1n) is 8.35. The van der Waals surface area contributed by atoms with E-state index in [4.69, 9.17) is 0 Å². The number of fused-ring (bicyclic) bond motifs is 1. The van der Waals surface area contributed by atoms with Crippen molar-refractivity contribution in [3.63, 3.8) is 0 Å². The molecule has 1 aliphatic carbocycles. The molecule has 5 nitrogen and oxygen atoms in total. The number of amides is 1.